The number of ether oxygens (including phenoxy) is 1. The Morgan fingerprint density at radius 2 is 1.89 bits per heavy atom. The number of rotatable bonds is 6. The molecule has 9 heteroatoms. The minimum absolute atomic E-state index is 0.373. The Morgan fingerprint density at radius 1 is 1.22 bits per heavy atom. The molecule has 1 aromatic rings. The van der Waals surface area contributed by atoms with E-state index >= 15 is 0 Å². The average Bonchev–Trinajstić information content (AvgIpc) is 2.70. The van der Waals surface area contributed by atoms with E-state index in [2.05, 4.69) is 33.4 Å². The minimum Gasteiger partial charge on any atom is -0.357 e. The van der Waals surface area contributed by atoms with Gasteiger partial charge in [0.25, 0.3) is 17.7 Å². The molecule has 0 spiro atoms. The Morgan fingerprint density at radius 3 is 2.44 bits per heavy atom. The van der Waals surface area contributed by atoms with E-state index in [1.54, 1.807) is 24.3 Å². The summed E-state index contributed by atoms with van der Waals surface area (Å²) >= 11 is 2.13. The predicted molar refractivity (Wildman–Crippen MR) is 107 cm³/mol. The normalized spacial score (nSPS) is 18.9. The van der Waals surface area contributed by atoms with E-state index in [4.69, 9.17) is 9.57 Å². The van der Waals surface area contributed by atoms with Crippen molar-refractivity contribution in [2.75, 3.05) is 20.7 Å². The Labute approximate surface area is 172 Å². The molecule has 8 nitrogen and oxygen atoms in total. The zero-order valence-electron chi connectivity index (χ0n) is 15.6. The fourth-order valence-corrected chi connectivity index (χ4v) is 3.02. The van der Waals surface area contributed by atoms with Crippen LogP contribution in [0.3, 0.4) is 0 Å². The van der Waals surface area contributed by atoms with Crippen molar-refractivity contribution in [2.45, 2.75) is 38.0 Å². The first-order valence-electron chi connectivity index (χ1n) is 8.64. The number of hydrogen-bond acceptors (Lipinski definition) is 5. The van der Waals surface area contributed by atoms with Gasteiger partial charge < -0.3 is 15.0 Å². The lowest BCUT2D eigenvalue weighted by molar-refractivity contribution is -0.204. The second-order valence-corrected chi connectivity index (χ2v) is 7.61. The highest BCUT2D eigenvalue weighted by Crippen LogP contribution is 2.20. The van der Waals surface area contributed by atoms with Crippen LogP contribution in [-0.2, 0) is 19.2 Å². The van der Waals surface area contributed by atoms with Gasteiger partial charge in [0.05, 0.1) is 0 Å². The predicted octanol–water partition coefficient (Wildman–Crippen LogP) is 1.44. The summed E-state index contributed by atoms with van der Waals surface area (Å²) in [5.41, 5.74) is 0.855. The maximum Gasteiger partial charge on any atom is 0.279 e. The SMILES string of the molecule is CNC(=O)C(C)(C(=O)NOC1CCCCO1)N(C)C(=O)c1ccc(I)cc1. The summed E-state index contributed by atoms with van der Waals surface area (Å²) in [5.74, 6) is -1.84. The Hall–Kier alpha value is -1.72. The molecule has 0 radical (unpaired) electrons. The van der Waals surface area contributed by atoms with Crippen LogP contribution < -0.4 is 10.8 Å². The molecular formula is C18H24IN3O5. The second kappa shape index (κ2) is 9.47. The van der Waals surface area contributed by atoms with Gasteiger partial charge in [0.2, 0.25) is 0 Å². The number of carbonyl (C=O) groups excluding carboxylic acids is 3. The average molecular weight is 489 g/mol. The molecule has 1 aliphatic rings. The van der Waals surface area contributed by atoms with Crippen molar-refractivity contribution >= 4 is 40.3 Å². The first kappa shape index (κ1) is 21.6. The number of amides is 3. The Kier molecular flexibility index (Phi) is 7.57. The van der Waals surface area contributed by atoms with Crippen molar-refractivity contribution in [1.82, 2.24) is 15.7 Å². The summed E-state index contributed by atoms with van der Waals surface area (Å²) in [6.45, 7) is 1.93. The molecule has 2 atom stereocenters. The van der Waals surface area contributed by atoms with E-state index in [0.717, 1.165) is 21.3 Å². The van der Waals surface area contributed by atoms with E-state index in [9.17, 15) is 14.4 Å². The molecule has 1 heterocycles. The molecule has 0 saturated carbocycles. The maximum absolute atomic E-state index is 12.8. The molecule has 27 heavy (non-hydrogen) atoms. The van der Waals surface area contributed by atoms with Crippen LogP contribution in [0.25, 0.3) is 0 Å². The van der Waals surface area contributed by atoms with E-state index < -0.39 is 29.6 Å². The fraction of sp³-hybridized carbons (Fsp3) is 0.500. The third-order valence-corrected chi connectivity index (χ3v) is 5.32. The number of carbonyl (C=O) groups is 3. The van der Waals surface area contributed by atoms with Crippen LogP contribution in [-0.4, -0.2) is 55.2 Å². The van der Waals surface area contributed by atoms with Crippen LogP contribution in [0.15, 0.2) is 24.3 Å². The molecule has 1 aromatic carbocycles. The number of hydrogen-bond donors (Lipinski definition) is 2. The highest BCUT2D eigenvalue weighted by molar-refractivity contribution is 14.1. The maximum atomic E-state index is 12.8. The summed E-state index contributed by atoms with van der Waals surface area (Å²) in [4.78, 5) is 44.5. The van der Waals surface area contributed by atoms with E-state index in [-0.39, 0.29) is 0 Å². The fourth-order valence-electron chi connectivity index (χ4n) is 2.66. The van der Waals surface area contributed by atoms with Gasteiger partial charge in [0.15, 0.2) is 11.8 Å². The van der Waals surface area contributed by atoms with Crippen molar-refractivity contribution in [1.29, 1.82) is 0 Å². The molecule has 1 saturated heterocycles. The Balaban J connectivity index is 2.17. The van der Waals surface area contributed by atoms with Crippen LogP contribution >= 0.6 is 22.6 Å². The van der Waals surface area contributed by atoms with E-state index in [1.165, 1.54) is 21.0 Å². The summed E-state index contributed by atoms with van der Waals surface area (Å²) in [7, 11) is 2.81. The summed E-state index contributed by atoms with van der Waals surface area (Å²) in [5, 5.41) is 2.44. The van der Waals surface area contributed by atoms with Gasteiger partial charge >= 0.3 is 0 Å². The molecular weight excluding hydrogens is 465 g/mol. The van der Waals surface area contributed by atoms with Gasteiger partial charge in [-0.15, -0.1) is 0 Å². The minimum atomic E-state index is -1.80. The standard InChI is InChI=1S/C18H24IN3O5/c1-18(16(24)20-2,17(25)21-27-14-6-4-5-11-26-14)22(3)15(23)12-7-9-13(19)10-8-12/h7-10,14H,4-6,11H2,1-3H3,(H,20,24)(H,21,25). The number of nitrogens with one attached hydrogen (secondary N) is 2. The summed E-state index contributed by atoms with van der Waals surface area (Å²) in [6.07, 6.45) is 1.96. The molecule has 1 fully saturated rings. The molecule has 3 amide bonds. The zero-order chi connectivity index (χ0) is 20.0. The number of halogens is 1. The van der Waals surface area contributed by atoms with Crippen molar-refractivity contribution in [3.63, 3.8) is 0 Å². The van der Waals surface area contributed by atoms with Crippen LogP contribution in [0.1, 0.15) is 36.5 Å². The van der Waals surface area contributed by atoms with Crippen LogP contribution in [0.5, 0.6) is 0 Å². The third kappa shape index (κ3) is 4.96. The smallest absolute Gasteiger partial charge is 0.279 e. The number of nitrogens with zero attached hydrogens (tertiary/aromatic N) is 1. The molecule has 0 aromatic heterocycles. The molecule has 148 valence electrons. The number of benzene rings is 1. The quantitative estimate of drug-likeness (QED) is 0.358. The first-order chi connectivity index (χ1) is 12.8. The summed E-state index contributed by atoms with van der Waals surface area (Å²) in [6, 6.07) is 6.86. The van der Waals surface area contributed by atoms with Crippen LogP contribution in [0.4, 0.5) is 0 Å². The molecule has 2 N–H and O–H groups in total. The van der Waals surface area contributed by atoms with Gasteiger partial charge in [0, 0.05) is 36.3 Å². The van der Waals surface area contributed by atoms with Gasteiger partial charge in [-0.25, -0.2) is 10.3 Å². The van der Waals surface area contributed by atoms with Crippen molar-refractivity contribution < 1.29 is 24.0 Å². The van der Waals surface area contributed by atoms with Crippen molar-refractivity contribution in [3.8, 4) is 0 Å². The lowest BCUT2D eigenvalue weighted by atomic mass is 9.97. The van der Waals surface area contributed by atoms with Gasteiger partial charge in [-0.2, -0.15) is 0 Å². The summed E-state index contributed by atoms with van der Waals surface area (Å²) < 4.78 is 6.37. The molecule has 2 rings (SSSR count). The zero-order valence-corrected chi connectivity index (χ0v) is 17.7. The molecule has 0 aliphatic carbocycles. The first-order valence-corrected chi connectivity index (χ1v) is 9.72. The van der Waals surface area contributed by atoms with E-state index in [1.807, 2.05) is 0 Å². The Bertz CT molecular complexity index is 691. The van der Waals surface area contributed by atoms with Gasteiger partial charge in [-0.05, 0) is 66.6 Å². The largest absolute Gasteiger partial charge is 0.357 e. The molecule has 2 unspecified atom stereocenters. The third-order valence-electron chi connectivity index (χ3n) is 4.60. The van der Waals surface area contributed by atoms with Gasteiger partial charge in [-0.3, -0.25) is 14.4 Å². The van der Waals surface area contributed by atoms with Crippen molar-refractivity contribution in [2.24, 2.45) is 0 Å². The van der Waals surface area contributed by atoms with Gasteiger partial charge in [-0.1, -0.05) is 0 Å². The monoisotopic (exact) mass is 489 g/mol. The van der Waals surface area contributed by atoms with Gasteiger partial charge in [0.1, 0.15) is 0 Å². The lowest BCUT2D eigenvalue weighted by Crippen LogP contribution is -2.65. The topological polar surface area (TPSA) is 97.0 Å². The van der Waals surface area contributed by atoms with Crippen LogP contribution in [0.2, 0.25) is 0 Å². The second-order valence-electron chi connectivity index (χ2n) is 6.37. The molecule has 1 aliphatic heterocycles. The van der Waals surface area contributed by atoms with E-state index in [0.29, 0.717) is 18.6 Å². The van der Waals surface area contributed by atoms with Crippen molar-refractivity contribution in [3.05, 3.63) is 33.4 Å². The lowest BCUT2D eigenvalue weighted by Gasteiger charge is -2.36. The highest BCUT2D eigenvalue weighted by atomic mass is 127. The van der Waals surface area contributed by atoms with Crippen LogP contribution in [0, 0.1) is 3.57 Å². The molecule has 0 bridgehead atoms. The number of likely N-dealkylation sites (N-methyl/N-ethyl adjacent to an activating group) is 2. The highest BCUT2D eigenvalue weighted by Gasteiger charge is 2.47. The number of hydroxylamine groups is 1.